The number of hydrogen-bond donors (Lipinski definition) is 1. The van der Waals surface area contributed by atoms with E-state index in [0.717, 1.165) is 48.4 Å². The van der Waals surface area contributed by atoms with Gasteiger partial charge in [-0.25, -0.2) is 4.98 Å². The Bertz CT molecular complexity index is 1350. The molecule has 1 N–H and O–H groups in total. The highest BCUT2D eigenvalue weighted by molar-refractivity contribution is 6.02. The molecule has 2 aliphatic heterocycles. The first kappa shape index (κ1) is 26.7. The van der Waals surface area contributed by atoms with E-state index in [0.29, 0.717) is 18.0 Å². The average Bonchev–Trinajstić information content (AvgIpc) is 3.49. The molecule has 39 heavy (non-hydrogen) atoms. The number of aryl methyl sites for hydroxylation is 1. The summed E-state index contributed by atoms with van der Waals surface area (Å²) in [4.78, 5) is 12.8. The van der Waals surface area contributed by atoms with Crippen molar-refractivity contribution >= 4 is 22.4 Å². The third-order valence-corrected chi connectivity index (χ3v) is 9.69. The molecule has 6 rings (SSSR count). The molecule has 2 aromatic heterocycles. The molecule has 2 saturated heterocycles. The fourth-order valence-corrected chi connectivity index (χ4v) is 6.83. The number of likely N-dealkylation sites (tertiary alicyclic amines) is 1. The van der Waals surface area contributed by atoms with Crippen molar-refractivity contribution in [2.24, 2.45) is 22.7 Å². The number of piperidine rings is 1. The summed E-state index contributed by atoms with van der Waals surface area (Å²) in [5.41, 5.74) is 8.76. The van der Waals surface area contributed by atoms with E-state index in [9.17, 15) is 0 Å². The Kier molecular flexibility index (Phi) is 7.65. The highest BCUT2D eigenvalue weighted by atomic mass is 15.2. The maximum absolute atomic E-state index is 5.38. The lowest BCUT2D eigenvalue weighted by atomic mass is 9.89. The smallest absolute Gasteiger partial charge is 0.140 e. The van der Waals surface area contributed by atoms with Crippen molar-refractivity contribution in [3.05, 3.63) is 58.9 Å². The van der Waals surface area contributed by atoms with Gasteiger partial charge in [-0.2, -0.15) is 0 Å². The van der Waals surface area contributed by atoms with Gasteiger partial charge in [0.05, 0.1) is 17.1 Å². The first-order valence-electron chi connectivity index (χ1n) is 15.5. The zero-order valence-corrected chi connectivity index (χ0v) is 24.7. The van der Waals surface area contributed by atoms with Gasteiger partial charge in [-0.15, -0.1) is 0 Å². The number of pyridine rings is 1. The van der Waals surface area contributed by atoms with Crippen LogP contribution in [0.5, 0.6) is 0 Å². The van der Waals surface area contributed by atoms with Gasteiger partial charge >= 0.3 is 0 Å². The van der Waals surface area contributed by atoms with Crippen molar-refractivity contribution in [3.63, 3.8) is 0 Å². The second kappa shape index (κ2) is 11.2. The molecule has 0 spiro atoms. The zero-order valence-electron chi connectivity index (χ0n) is 24.7. The number of benzene rings is 1. The van der Waals surface area contributed by atoms with Gasteiger partial charge in [-0.05, 0) is 131 Å². The normalized spacial score (nSPS) is 23.1. The van der Waals surface area contributed by atoms with Crippen LogP contribution in [-0.4, -0.2) is 45.8 Å². The van der Waals surface area contributed by atoms with Crippen LogP contribution in [0.3, 0.4) is 0 Å². The molecule has 0 amide bonds. The first-order chi connectivity index (χ1) is 18.9. The van der Waals surface area contributed by atoms with E-state index < -0.39 is 0 Å². The van der Waals surface area contributed by atoms with E-state index in [1.807, 2.05) is 12.3 Å². The van der Waals surface area contributed by atoms with Crippen LogP contribution in [0.2, 0.25) is 0 Å². The number of nitrogens with zero attached hydrogens (tertiary/aromatic N) is 4. The Balaban J connectivity index is 1.36. The lowest BCUT2D eigenvalue weighted by molar-refractivity contribution is 0.126. The minimum absolute atomic E-state index is 0.395. The predicted octanol–water partition coefficient (Wildman–Crippen LogP) is 7.23. The maximum atomic E-state index is 5.38. The minimum Gasteiger partial charge on any atom is -0.324 e. The van der Waals surface area contributed by atoms with Gasteiger partial charge in [0.15, 0.2) is 0 Å². The summed E-state index contributed by atoms with van der Waals surface area (Å²) >= 11 is 0. The van der Waals surface area contributed by atoms with E-state index >= 15 is 0 Å². The van der Waals surface area contributed by atoms with Crippen molar-refractivity contribution in [1.29, 1.82) is 0 Å². The topological polar surface area (TPSA) is 45.4 Å². The fourth-order valence-electron chi connectivity index (χ4n) is 6.83. The van der Waals surface area contributed by atoms with Crippen LogP contribution < -0.4 is 5.32 Å². The summed E-state index contributed by atoms with van der Waals surface area (Å²) < 4.78 is 2.42. The van der Waals surface area contributed by atoms with Crippen LogP contribution in [0, 0.1) is 24.7 Å². The molecule has 1 aromatic carbocycles. The lowest BCUT2D eigenvalue weighted by Crippen LogP contribution is -2.47. The monoisotopic (exact) mass is 525 g/mol. The van der Waals surface area contributed by atoms with Gasteiger partial charge in [0, 0.05) is 36.8 Å². The number of hydrogen-bond acceptors (Lipinski definition) is 4. The summed E-state index contributed by atoms with van der Waals surface area (Å²) in [6.07, 6.45) is 9.56. The molecule has 5 heteroatoms. The van der Waals surface area contributed by atoms with E-state index in [1.165, 1.54) is 73.0 Å². The maximum Gasteiger partial charge on any atom is 0.140 e. The van der Waals surface area contributed by atoms with Crippen molar-refractivity contribution in [3.8, 4) is 0 Å². The van der Waals surface area contributed by atoms with Crippen LogP contribution in [-0.2, 0) is 13.0 Å². The van der Waals surface area contributed by atoms with E-state index in [2.05, 4.69) is 73.7 Å². The van der Waals surface area contributed by atoms with Gasteiger partial charge in [0.25, 0.3) is 0 Å². The fraction of sp³-hybridized carbons (Fsp3) is 0.588. The molecule has 1 saturated carbocycles. The van der Waals surface area contributed by atoms with Crippen LogP contribution in [0.4, 0.5) is 5.69 Å². The number of aliphatic imine (C=N–C) groups is 1. The number of aromatic nitrogens is 2. The van der Waals surface area contributed by atoms with Gasteiger partial charge in [-0.3, -0.25) is 9.89 Å². The Hall–Kier alpha value is -2.50. The average molecular weight is 526 g/mol. The molecule has 3 aromatic rings. The number of fused-ring (bicyclic) bond motifs is 2. The van der Waals surface area contributed by atoms with Crippen LogP contribution >= 0.6 is 0 Å². The molecule has 4 heterocycles. The summed E-state index contributed by atoms with van der Waals surface area (Å²) in [6, 6.07) is 12.5. The number of nitrogens with one attached hydrogen (secondary N) is 1. The molecule has 0 radical (unpaired) electrons. The van der Waals surface area contributed by atoms with Gasteiger partial charge in [0.1, 0.15) is 5.65 Å². The zero-order chi connectivity index (χ0) is 27.1. The predicted molar refractivity (Wildman–Crippen MR) is 163 cm³/mol. The molecular weight excluding hydrogens is 478 g/mol. The van der Waals surface area contributed by atoms with E-state index in [4.69, 9.17) is 9.98 Å². The third kappa shape index (κ3) is 5.71. The third-order valence-electron chi connectivity index (χ3n) is 9.69. The molecule has 3 fully saturated rings. The van der Waals surface area contributed by atoms with Crippen LogP contribution in [0.15, 0.2) is 41.5 Å². The molecular formula is C34H47N5. The second-order valence-electron chi connectivity index (χ2n) is 13.0. The summed E-state index contributed by atoms with van der Waals surface area (Å²) in [5.74, 6) is 2.34. The van der Waals surface area contributed by atoms with Crippen molar-refractivity contribution in [1.82, 2.24) is 19.8 Å². The summed E-state index contributed by atoms with van der Waals surface area (Å²) in [5, 5.41) is 4.98. The Morgan fingerprint density at radius 2 is 1.97 bits per heavy atom. The molecule has 5 nitrogen and oxygen atoms in total. The molecule has 1 aliphatic carbocycles. The Morgan fingerprint density at radius 3 is 2.77 bits per heavy atom. The van der Waals surface area contributed by atoms with E-state index in [1.54, 1.807) is 0 Å². The van der Waals surface area contributed by atoms with Gasteiger partial charge in [-0.1, -0.05) is 19.9 Å². The molecule has 3 aliphatic rings. The summed E-state index contributed by atoms with van der Waals surface area (Å²) in [6.45, 7) is 16.1. The van der Waals surface area contributed by atoms with Crippen molar-refractivity contribution < 1.29 is 0 Å². The lowest BCUT2D eigenvalue weighted by Gasteiger charge is -2.39. The number of rotatable bonds is 9. The van der Waals surface area contributed by atoms with Crippen molar-refractivity contribution in [2.75, 3.05) is 19.6 Å². The van der Waals surface area contributed by atoms with Crippen LogP contribution in [0.1, 0.15) is 88.2 Å². The van der Waals surface area contributed by atoms with E-state index in [-0.39, 0.29) is 0 Å². The minimum atomic E-state index is 0.395. The SMILES string of the molecule is CC(=Nc1cc(C(C)N2CC[C@H]3CCN[C@H]3C2)cc(CCC(C)C)c1C)c1cc2cccnc2n1CC1CC1. The van der Waals surface area contributed by atoms with Crippen molar-refractivity contribution in [2.45, 2.75) is 91.8 Å². The van der Waals surface area contributed by atoms with Gasteiger partial charge in [0.2, 0.25) is 0 Å². The first-order valence-corrected chi connectivity index (χ1v) is 15.5. The molecule has 208 valence electrons. The molecule has 1 unspecified atom stereocenters. The summed E-state index contributed by atoms with van der Waals surface area (Å²) in [7, 11) is 0. The quantitative estimate of drug-likeness (QED) is 0.300. The molecule has 0 bridgehead atoms. The highest BCUT2D eigenvalue weighted by Crippen LogP contribution is 2.36. The standard InChI is InChI=1S/C34H47N5/c1-22(2)8-11-28-17-30(25(5)38-16-13-27-12-15-35-32(27)21-38)18-31(23(28)3)37-24(4)33-19-29-7-6-14-36-34(29)39(33)20-26-9-10-26/h6-7,14,17-19,22,25-27,32,35H,8-13,15-16,20-21H2,1-5H3/t25?,27-,32+/m1/s1. The Morgan fingerprint density at radius 1 is 1.13 bits per heavy atom. The molecule has 3 atom stereocenters. The highest BCUT2D eigenvalue weighted by Gasteiger charge is 2.34. The van der Waals surface area contributed by atoms with Gasteiger partial charge < -0.3 is 9.88 Å². The Labute approximate surface area is 235 Å². The largest absolute Gasteiger partial charge is 0.324 e. The van der Waals surface area contributed by atoms with Crippen LogP contribution in [0.25, 0.3) is 11.0 Å². The second-order valence-corrected chi connectivity index (χ2v) is 13.0.